The summed E-state index contributed by atoms with van der Waals surface area (Å²) >= 11 is 0. The Morgan fingerprint density at radius 3 is 2.38 bits per heavy atom. The van der Waals surface area contributed by atoms with E-state index in [1.807, 2.05) is 13.8 Å². The van der Waals surface area contributed by atoms with Crippen molar-refractivity contribution in [2.75, 3.05) is 0 Å². The van der Waals surface area contributed by atoms with Crippen molar-refractivity contribution in [1.29, 1.82) is 0 Å². The van der Waals surface area contributed by atoms with Gasteiger partial charge in [0.05, 0.1) is 0 Å². The third kappa shape index (κ3) is 3.94. The highest BCUT2D eigenvalue weighted by Crippen LogP contribution is 2.40. The molecule has 0 aromatic carbocycles. The zero-order valence-corrected chi connectivity index (χ0v) is 16.0. The number of cyclic esters (lactones) is 1. The smallest absolute Gasteiger partial charge is 0.321 e. The van der Waals surface area contributed by atoms with E-state index in [2.05, 4.69) is 20.8 Å². The number of esters is 2. The van der Waals surface area contributed by atoms with Gasteiger partial charge in [0.15, 0.2) is 5.92 Å². The van der Waals surface area contributed by atoms with Gasteiger partial charge in [0.2, 0.25) is 0 Å². The standard InChI is InChI=1S/C20H34O4/c1-6-16-14(4)12-15(5)17(18(21)23-16)19(22)24-20(13(2)3)10-8-7-9-11-20/h13-17H,6-12H2,1-5H3. The van der Waals surface area contributed by atoms with Crippen LogP contribution in [0.3, 0.4) is 0 Å². The van der Waals surface area contributed by atoms with Gasteiger partial charge in [-0.2, -0.15) is 0 Å². The summed E-state index contributed by atoms with van der Waals surface area (Å²) in [6.07, 6.45) is 6.70. The molecule has 24 heavy (non-hydrogen) atoms. The molecule has 1 saturated heterocycles. The van der Waals surface area contributed by atoms with Crippen LogP contribution in [0.2, 0.25) is 0 Å². The second-order valence-corrected chi connectivity index (χ2v) is 8.25. The molecule has 0 aromatic heterocycles. The van der Waals surface area contributed by atoms with E-state index >= 15 is 0 Å². The Morgan fingerprint density at radius 1 is 1.21 bits per heavy atom. The van der Waals surface area contributed by atoms with Crippen molar-refractivity contribution in [2.45, 2.75) is 91.3 Å². The van der Waals surface area contributed by atoms with Crippen molar-refractivity contribution in [2.24, 2.45) is 23.7 Å². The van der Waals surface area contributed by atoms with Crippen molar-refractivity contribution in [3.05, 3.63) is 0 Å². The van der Waals surface area contributed by atoms with E-state index in [4.69, 9.17) is 9.47 Å². The molecule has 2 rings (SSSR count). The van der Waals surface area contributed by atoms with E-state index in [-0.39, 0.29) is 29.8 Å². The predicted molar refractivity (Wildman–Crippen MR) is 93.4 cm³/mol. The van der Waals surface area contributed by atoms with Crippen LogP contribution in [0.1, 0.15) is 79.6 Å². The van der Waals surface area contributed by atoms with Gasteiger partial charge in [-0.1, -0.05) is 41.0 Å². The van der Waals surface area contributed by atoms with Gasteiger partial charge in [-0.3, -0.25) is 9.59 Å². The van der Waals surface area contributed by atoms with Crippen LogP contribution in [0.5, 0.6) is 0 Å². The number of ether oxygens (including phenoxy) is 2. The number of hydrogen-bond donors (Lipinski definition) is 0. The molecule has 4 nitrogen and oxygen atoms in total. The van der Waals surface area contributed by atoms with Crippen molar-refractivity contribution in [1.82, 2.24) is 0 Å². The van der Waals surface area contributed by atoms with E-state index in [0.717, 1.165) is 38.5 Å². The molecule has 2 fully saturated rings. The molecule has 1 aliphatic carbocycles. The van der Waals surface area contributed by atoms with Gasteiger partial charge in [-0.15, -0.1) is 0 Å². The largest absolute Gasteiger partial charge is 0.461 e. The first-order valence-electron chi connectivity index (χ1n) is 9.74. The van der Waals surface area contributed by atoms with E-state index < -0.39 is 17.5 Å². The van der Waals surface area contributed by atoms with E-state index in [1.54, 1.807) is 0 Å². The molecule has 138 valence electrons. The number of carbonyl (C=O) groups excluding carboxylic acids is 2. The molecule has 0 bridgehead atoms. The molecule has 4 atom stereocenters. The number of rotatable bonds is 4. The van der Waals surface area contributed by atoms with Crippen LogP contribution in [0, 0.1) is 23.7 Å². The lowest BCUT2D eigenvalue weighted by molar-refractivity contribution is -0.182. The second-order valence-electron chi connectivity index (χ2n) is 8.25. The van der Waals surface area contributed by atoms with Crippen molar-refractivity contribution >= 4 is 11.9 Å². The molecule has 2 aliphatic rings. The Hall–Kier alpha value is -1.06. The van der Waals surface area contributed by atoms with Crippen LogP contribution in [-0.2, 0) is 19.1 Å². The first kappa shape index (κ1) is 19.3. The van der Waals surface area contributed by atoms with E-state index in [0.29, 0.717) is 0 Å². The van der Waals surface area contributed by atoms with Crippen LogP contribution >= 0.6 is 0 Å². The lowest BCUT2D eigenvalue weighted by atomic mass is 9.76. The maximum atomic E-state index is 12.9. The molecule has 0 amide bonds. The fraction of sp³-hybridized carbons (Fsp3) is 0.900. The number of hydrogen-bond acceptors (Lipinski definition) is 4. The summed E-state index contributed by atoms with van der Waals surface area (Å²) in [5.74, 6) is -1.03. The first-order valence-corrected chi connectivity index (χ1v) is 9.74. The quantitative estimate of drug-likeness (QED) is 0.559. The summed E-state index contributed by atoms with van der Waals surface area (Å²) in [6, 6.07) is 0. The van der Waals surface area contributed by atoms with Gasteiger partial charge in [0.1, 0.15) is 11.7 Å². The zero-order valence-electron chi connectivity index (χ0n) is 16.0. The lowest BCUT2D eigenvalue weighted by Gasteiger charge is -2.41. The number of carbonyl (C=O) groups is 2. The fourth-order valence-corrected chi connectivity index (χ4v) is 4.47. The van der Waals surface area contributed by atoms with Gasteiger partial charge < -0.3 is 9.47 Å². The highest BCUT2D eigenvalue weighted by Gasteiger charge is 2.46. The third-order valence-electron chi connectivity index (χ3n) is 6.18. The summed E-state index contributed by atoms with van der Waals surface area (Å²) in [7, 11) is 0. The Kier molecular flexibility index (Phi) is 6.33. The van der Waals surface area contributed by atoms with Crippen LogP contribution in [0.4, 0.5) is 0 Å². The van der Waals surface area contributed by atoms with E-state index in [1.165, 1.54) is 6.42 Å². The third-order valence-corrected chi connectivity index (χ3v) is 6.18. The van der Waals surface area contributed by atoms with Gasteiger partial charge in [-0.05, 0) is 56.3 Å². The normalized spacial score (nSPS) is 33.7. The zero-order chi connectivity index (χ0) is 17.9. The summed E-state index contributed by atoms with van der Waals surface area (Å²) < 4.78 is 11.7. The van der Waals surface area contributed by atoms with Gasteiger partial charge in [0.25, 0.3) is 0 Å². The van der Waals surface area contributed by atoms with E-state index in [9.17, 15) is 9.59 Å². The highest BCUT2D eigenvalue weighted by molar-refractivity contribution is 5.95. The lowest BCUT2D eigenvalue weighted by Crippen LogP contribution is -2.45. The van der Waals surface area contributed by atoms with Crippen LogP contribution < -0.4 is 0 Å². The summed E-state index contributed by atoms with van der Waals surface area (Å²) in [5, 5.41) is 0. The van der Waals surface area contributed by atoms with Crippen LogP contribution in [0.15, 0.2) is 0 Å². The van der Waals surface area contributed by atoms with Crippen LogP contribution in [-0.4, -0.2) is 23.6 Å². The maximum Gasteiger partial charge on any atom is 0.321 e. The van der Waals surface area contributed by atoms with Crippen molar-refractivity contribution < 1.29 is 19.1 Å². The topological polar surface area (TPSA) is 52.6 Å². The first-order chi connectivity index (χ1) is 11.3. The molecule has 1 saturated carbocycles. The van der Waals surface area contributed by atoms with Gasteiger partial charge in [0, 0.05) is 0 Å². The van der Waals surface area contributed by atoms with Gasteiger partial charge in [-0.25, -0.2) is 0 Å². The summed E-state index contributed by atoms with van der Waals surface area (Å²) in [4.78, 5) is 25.5. The Bertz CT molecular complexity index is 451. The van der Waals surface area contributed by atoms with Gasteiger partial charge >= 0.3 is 11.9 Å². The molecule has 4 unspecified atom stereocenters. The molecule has 4 heteroatoms. The minimum Gasteiger partial charge on any atom is -0.461 e. The van der Waals surface area contributed by atoms with Crippen molar-refractivity contribution in [3.63, 3.8) is 0 Å². The Morgan fingerprint density at radius 2 is 1.83 bits per heavy atom. The van der Waals surface area contributed by atoms with Crippen LogP contribution in [0.25, 0.3) is 0 Å². The minimum atomic E-state index is -0.776. The molecule has 1 aliphatic heterocycles. The minimum absolute atomic E-state index is 0.0376. The molecule has 0 N–H and O–H groups in total. The average Bonchev–Trinajstić information content (AvgIpc) is 2.63. The molecule has 1 heterocycles. The molecule has 0 radical (unpaired) electrons. The SMILES string of the molecule is CCC1OC(=O)C(C(=O)OC2(C(C)C)CCCCC2)C(C)CC1C. The Labute approximate surface area is 146 Å². The van der Waals surface area contributed by atoms with Crippen molar-refractivity contribution in [3.8, 4) is 0 Å². The molecular formula is C20H34O4. The average molecular weight is 338 g/mol. The molecular weight excluding hydrogens is 304 g/mol. The Balaban J connectivity index is 2.16. The molecule has 0 aromatic rings. The summed E-state index contributed by atoms with van der Waals surface area (Å²) in [6.45, 7) is 10.3. The second kappa shape index (κ2) is 7.88. The predicted octanol–water partition coefficient (Wildman–Crippen LogP) is 4.50. The molecule has 0 spiro atoms. The monoisotopic (exact) mass is 338 g/mol. The highest BCUT2D eigenvalue weighted by atomic mass is 16.6. The summed E-state index contributed by atoms with van der Waals surface area (Å²) in [5.41, 5.74) is -0.405. The fourth-order valence-electron chi connectivity index (χ4n) is 4.47. The maximum absolute atomic E-state index is 12.9.